The van der Waals surface area contributed by atoms with Crippen LogP contribution in [0.3, 0.4) is 0 Å². The summed E-state index contributed by atoms with van der Waals surface area (Å²) in [4.78, 5) is 0. The van der Waals surface area contributed by atoms with Crippen LogP contribution in [0.2, 0.25) is 0 Å². The van der Waals surface area contributed by atoms with Crippen LogP contribution in [0.5, 0.6) is 0 Å². The van der Waals surface area contributed by atoms with Crippen molar-refractivity contribution in [3.8, 4) is 0 Å². The average Bonchev–Trinajstić information content (AvgIpc) is 3.13. The molecule has 142 valence electrons. The Balaban J connectivity index is 1.61. The van der Waals surface area contributed by atoms with Gasteiger partial charge in [0.1, 0.15) is 0 Å². The van der Waals surface area contributed by atoms with Crippen molar-refractivity contribution in [2.24, 2.45) is 5.10 Å². The third kappa shape index (κ3) is 4.05. The maximum absolute atomic E-state index is 13.0. The van der Waals surface area contributed by atoms with E-state index in [1.54, 1.807) is 4.31 Å². The van der Waals surface area contributed by atoms with Crippen LogP contribution in [0, 0.1) is 0 Å². The third-order valence-corrected chi connectivity index (χ3v) is 6.86. The van der Waals surface area contributed by atoms with E-state index in [-0.39, 0.29) is 11.8 Å². The van der Waals surface area contributed by atoms with Gasteiger partial charge in [-0.2, -0.15) is 9.41 Å². The number of anilines is 1. The predicted octanol–water partition coefficient (Wildman–Crippen LogP) is 2.33. The van der Waals surface area contributed by atoms with E-state index in [2.05, 4.69) is 0 Å². The molecular weight excluding hydrogens is 362 g/mol. The first-order chi connectivity index (χ1) is 13.1. The molecule has 27 heavy (non-hydrogen) atoms. The molecule has 2 aliphatic rings. The molecule has 2 aromatic rings. The molecule has 0 N–H and O–H groups in total. The number of rotatable bonds is 5. The number of hydrogen-bond donors (Lipinski definition) is 0. The van der Waals surface area contributed by atoms with Crippen molar-refractivity contribution in [3.05, 3.63) is 66.2 Å². The summed E-state index contributed by atoms with van der Waals surface area (Å²) >= 11 is 0. The van der Waals surface area contributed by atoms with Crippen LogP contribution < -0.4 is 5.01 Å². The molecule has 0 radical (unpaired) electrons. The second-order valence-electron chi connectivity index (χ2n) is 6.74. The number of para-hydroxylation sites is 1. The van der Waals surface area contributed by atoms with Gasteiger partial charge in [-0.05, 0) is 17.7 Å². The average molecular weight is 385 g/mol. The smallest absolute Gasteiger partial charge is 0.216 e. The van der Waals surface area contributed by atoms with E-state index in [1.807, 2.05) is 65.7 Å². The van der Waals surface area contributed by atoms with Crippen LogP contribution in [0.25, 0.3) is 0 Å². The van der Waals surface area contributed by atoms with Gasteiger partial charge in [-0.25, -0.2) is 8.42 Å². The van der Waals surface area contributed by atoms with E-state index in [4.69, 9.17) is 9.84 Å². The largest absolute Gasteiger partial charge is 0.379 e. The minimum absolute atomic E-state index is 0.0434. The second-order valence-corrected chi connectivity index (χ2v) is 8.75. The summed E-state index contributed by atoms with van der Waals surface area (Å²) in [5, 5.41) is 6.64. The molecule has 1 unspecified atom stereocenters. The summed E-state index contributed by atoms with van der Waals surface area (Å²) in [6.45, 7) is 1.76. The third-order valence-electron chi connectivity index (χ3n) is 4.90. The number of ether oxygens (including phenoxy) is 1. The number of hydrogen-bond acceptors (Lipinski definition) is 5. The molecule has 2 aliphatic heterocycles. The molecule has 0 aliphatic carbocycles. The zero-order valence-corrected chi connectivity index (χ0v) is 15.9. The van der Waals surface area contributed by atoms with E-state index in [1.165, 1.54) is 0 Å². The van der Waals surface area contributed by atoms with Crippen molar-refractivity contribution < 1.29 is 13.2 Å². The normalized spacial score (nSPS) is 21.3. The maximum atomic E-state index is 13.0. The van der Waals surface area contributed by atoms with E-state index in [0.29, 0.717) is 32.7 Å². The first-order valence-electron chi connectivity index (χ1n) is 9.16. The molecular formula is C20H23N3O3S. The number of hydrazone groups is 1. The zero-order chi connectivity index (χ0) is 18.7. The van der Waals surface area contributed by atoms with Gasteiger partial charge in [-0.3, -0.25) is 5.01 Å². The highest BCUT2D eigenvalue weighted by Gasteiger charge is 2.35. The maximum Gasteiger partial charge on any atom is 0.216 e. The standard InChI is InChI=1S/C20H23N3O3S/c24-27(25,22-11-13-26-14-12-22)16-19-15-20(17-7-3-1-4-8-17)21-23(19)18-9-5-2-6-10-18/h1-10,19H,11-16H2. The van der Waals surface area contributed by atoms with Gasteiger partial charge in [-0.1, -0.05) is 48.5 Å². The highest BCUT2D eigenvalue weighted by molar-refractivity contribution is 7.89. The number of benzene rings is 2. The lowest BCUT2D eigenvalue weighted by molar-refractivity contribution is 0.0730. The highest BCUT2D eigenvalue weighted by Crippen LogP contribution is 2.28. The van der Waals surface area contributed by atoms with Crippen molar-refractivity contribution >= 4 is 21.4 Å². The van der Waals surface area contributed by atoms with Gasteiger partial charge >= 0.3 is 0 Å². The number of nitrogens with zero attached hydrogens (tertiary/aromatic N) is 3. The summed E-state index contributed by atoms with van der Waals surface area (Å²) in [6.07, 6.45) is 0.600. The molecule has 7 heteroatoms. The van der Waals surface area contributed by atoms with Crippen molar-refractivity contribution in [1.29, 1.82) is 0 Å². The molecule has 6 nitrogen and oxygen atoms in total. The van der Waals surface area contributed by atoms with Crippen molar-refractivity contribution in [3.63, 3.8) is 0 Å². The highest BCUT2D eigenvalue weighted by atomic mass is 32.2. The van der Waals surface area contributed by atoms with Crippen LogP contribution in [-0.2, 0) is 14.8 Å². The van der Waals surface area contributed by atoms with Crippen LogP contribution in [-0.4, -0.2) is 56.5 Å². The summed E-state index contributed by atoms with van der Waals surface area (Å²) in [6, 6.07) is 19.5. The van der Waals surface area contributed by atoms with Crippen molar-refractivity contribution in [2.75, 3.05) is 37.1 Å². The second kappa shape index (κ2) is 7.80. The lowest BCUT2D eigenvalue weighted by Gasteiger charge is -2.29. The topological polar surface area (TPSA) is 62.2 Å². The SMILES string of the molecule is O=S(=O)(CC1CC(c2ccccc2)=NN1c1ccccc1)N1CCOCC1. The molecule has 0 aromatic heterocycles. The Kier molecular flexibility index (Phi) is 5.24. The molecule has 1 atom stereocenters. The van der Waals surface area contributed by atoms with E-state index < -0.39 is 10.0 Å². The Morgan fingerprint density at radius 2 is 1.59 bits per heavy atom. The van der Waals surface area contributed by atoms with E-state index in [9.17, 15) is 8.42 Å². The van der Waals surface area contributed by atoms with Crippen molar-refractivity contribution in [2.45, 2.75) is 12.5 Å². The summed E-state index contributed by atoms with van der Waals surface area (Å²) in [7, 11) is -3.37. The molecule has 2 aromatic carbocycles. The molecule has 0 bridgehead atoms. The Bertz CT molecular complexity index is 895. The first-order valence-corrected chi connectivity index (χ1v) is 10.8. The quantitative estimate of drug-likeness (QED) is 0.793. The minimum atomic E-state index is -3.37. The van der Waals surface area contributed by atoms with Gasteiger partial charge in [0.25, 0.3) is 0 Å². The summed E-state index contributed by atoms with van der Waals surface area (Å²) in [5.41, 5.74) is 2.86. The van der Waals surface area contributed by atoms with E-state index >= 15 is 0 Å². The fraction of sp³-hybridized carbons (Fsp3) is 0.350. The Morgan fingerprint density at radius 3 is 2.26 bits per heavy atom. The predicted molar refractivity (Wildman–Crippen MR) is 106 cm³/mol. The van der Waals surface area contributed by atoms with Gasteiger partial charge in [-0.15, -0.1) is 0 Å². The molecule has 0 spiro atoms. The molecule has 1 fully saturated rings. The molecule has 0 saturated carbocycles. The Hall–Kier alpha value is -2.22. The van der Waals surface area contributed by atoms with Gasteiger partial charge in [0.05, 0.1) is 36.4 Å². The number of sulfonamides is 1. The molecule has 4 rings (SSSR count). The lowest BCUT2D eigenvalue weighted by Crippen LogP contribution is -2.45. The monoisotopic (exact) mass is 385 g/mol. The Morgan fingerprint density at radius 1 is 0.963 bits per heavy atom. The lowest BCUT2D eigenvalue weighted by atomic mass is 10.1. The summed E-state index contributed by atoms with van der Waals surface area (Å²) in [5.74, 6) is 0.0434. The van der Waals surface area contributed by atoms with E-state index in [0.717, 1.165) is 17.0 Å². The van der Waals surface area contributed by atoms with Gasteiger partial charge < -0.3 is 4.74 Å². The fourth-order valence-electron chi connectivity index (χ4n) is 3.52. The molecule has 1 saturated heterocycles. The first kappa shape index (κ1) is 18.2. The van der Waals surface area contributed by atoms with Crippen molar-refractivity contribution in [1.82, 2.24) is 4.31 Å². The number of morpholine rings is 1. The Labute approximate surface area is 160 Å². The van der Waals surface area contributed by atoms with Crippen LogP contribution >= 0.6 is 0 Å². The zero-order valence-electron chi connectivity index (χ0n) is 15.1. The van der Waals surface area contributed by atoms with Gasteiger partial charge in [0.2, 0.25) is 10.0 Å². The van der Waals surface area contributed by atoms with Gasteiger partial charge in [0, 0.05) is 19.5 Å². The summed E-state index contributed by atoms with van der Waals surface area (Å²) < 4.78 is 32.7. The van der Waals surface area contributed by atoms with Crippen LogP contribution in [0.1, 0.15) is 12.0 Å². The molecule has 0 amide bonds. The van der Waals surface area contributed by atoms with Crippen LogP contribution in [0.4, 0.5) is 5.69 Å². The van der Waals surface area contributed by atoms with Gasteiger partial charge in [0.15, 0.2) is 0 Å². The fourth-order valence-corrected chi connectivity index (χ4v) is 5.18. The minimum Gasteiger partial charge on any atom is -0.379 e. The molecule has 2 heterocycles. The van der Waals surface area contributed by atoms with Crippen LogP contribution in [0.15, 0.2) is 65.8 Å².